The van der Waals surface area contributed by atoms with E-state index in [4.69, 9.17) is 4.74 Å². The Kier molecular flexibility index (Phi) is 6.39. The van der Waals surface area contributed by atoms with Crippen molar-refractivity contribution in [3.8, 4) is 5.75 Å². The molecular formula is C20H23F2IN6O2. The highest BCUT2D eigenvalue weighted by Crippen LogP contribution is 2.37. The minimum absolute atomic E-state index is 0.0113. The van der Waals surface area contributed by atoms with E-state index >= 15 is 0 Å². The van der Waals surface area contributed by atoms with Crippen molar-refractivity contribution in [3.63, 3.8) is 0 Å². The quantitative estimate of drug-likeness (QED) is 0.360. The van der Waals surface area contributed by atoms with E-state index in [-0.39, 0.29) is 17.3 Å². The largest absolute Gasteiger partial charge is 0.494 e. The van der Waals surface area contributed by atoms with Crippen molar-refractivity contribution in [2.45, 2.75) is 49.0 Å². The predicted octanol–water partition coefficient (Wildman–Crippen LogP) is 4.68. The number of amides is 1. The van der Waals surface area contributed by atoms with Crippen LogP contribution in [0.15, 0.2) is 24.8 Å². The Morgan fingerprint density at radius 3 is 2.65 bits per heavy atom. The average molecular weight is 544 g/mol. The van der Waals surface area contributed by atoms with Crippen LogP contribution in [0, 0.1) is 5.92 Å². The van der Waals surface area contributed by atoms with Crippen LogP contribution in [0.2, 0.25) is 0 Å². The highest BCUT2D eigenvalue weighted by molar-refractivity contribution is 14.1. The summed E-state index contributed by atoms with van der Waals surface area (Å²) in [6.07, 6.45) is 6.95. The summed E-state index contributed by atoms with van der Waals surface area (Å²) in [6, 6.07) is 0.0562. The van der Waals surface area contributed by atoms with Crippen LogP contribution in [0.3, 0.4) is 0 Å². The predicted molar refractivity (Wildman–Crippen MR) is 119 cm³/mol. The molecule has 3 aromatic heterocycles. The van der Waals surface area contributed by atoms with E-state index in [0.717, 1.165) is 25.7 Å². The van der Waals surface area contributed by atoms with Crippen molar-refractivity contribution >= 4 is 39.8 Å². The fourth-order valence-electron chi connectivity index (χ4n) is 3.99. The van der Waals surface area contributed by atoms with Gasteiger partial charge in [-0.2, -0.15) is 10.2 Å². The first-order chi connectivity index (χ1) is 14.9. The highest BCUT2D eigenvalue weighted by Gasteiger charge is 2.28. The molecule has 1 aliphatic carbocycles. The number of aromatic nitrogens is 5. The smallest absolute Gasteiger partial charge is 0.284 e. The zero-order valence-corrected chi connectivity index (χ0v) is 19.3. The first kappa shape index (κ1) is 21.9. The Morgan fingerprint density at radius 1 is 1.26 bits per heavy atom. The minimum Gasteiger partial charge on any atom is -0.494 e. The number of rotatable bonds is 6. The number of fused-ring (bicyclic) bond motifs is 1. The Labute approximate surface area is 191 Å². The average Bonchev–Trinajstić information content (AvgIpc) is 3.37. The van der Waals surface area contributed by atoms with E-state index in [0.29, 0.717) is 21.2 Å². The second kappa shape index (κ2) is 9.05. The number of anilines is 1. The number of hydrogen-bond donors (Lipinski definition) is 1. The van der Waals surface area contributed by atoms with E-state index in [2.05, 4.69) is 50.0 Å². The van der Waals surface area contributed by atoms with Gasteiger partial charge < -0.3 is 10.1 Å². The maximum absolute atomic E-state index is 13.6. The molecule has 1 N–H and O–H groups in total. The van der Waals surface area contributed by atoms with Crippen LogP contribution in [0.25, 0.3) is 5.65 Å². The number of methoxy groups -OCH3 is 1. The number of nitrogens with zero attached hydrogens (tertiary/aromatic N) is 5. The second-order valence-corrected chi connectivity index (χ2v) is 9.69. The molecule has 166 valence electrons. The summed E-state index contributed by atoms with van der Waals surface area (Å²) in [4.78, 5) is 17.0. The van der Waals surface area contributed by atoms with Crippen molar-refractivity contribution < 1.29 is 18.3 Å². The molecule has 0 aromatic carbocycles. The number of alkyl halides is 3. The topological polar surface area (TPSA) is 86.3 Å². The molecule has 8 nitrogen and oxygen atoms in total. The molecule has 0 aliphatic heterocycles. The Morgan fingerprint density at radius 2 is 2.00 bits per heavy atom. The first-order valence-corrected chi connectivity index (χ1v) is 11.3. The van der Waals surface area contributed by atoms with Crippen LogP contribution in [0.1, 0.15) is 61.1 Å². The molecule has 11 heteroatoms. The van der Waals surface area contributed by atoms with E-state index in [9.17, 15) is 13.6 Å². The lowest BCUT2D eigenvalue weighted by Gasteiger charge is -2.30. The van der Waals surface area contributed by atoms with Gasteiger partial charge >= 0.3 is 0 Å². The lowest BCUT2D eigenvalue weighted by atomic mass is 9.84. The van der Waals surface area contributed by atoms with E-state index in [1.54, 1.807) is 10.9 Å². The van der Waals surface area contributed by atoms with Gasteiger partial charge in [-0.05, 0) is 31.6 Å². The number of nitrogens with one attached hydrogen (secondary N) is 1. The van der Waals surface area contributed by atoms with Crippen molar-refractivity contribution in [3.05, 3.63) is 36.0 Å². The maximum atomic E-state index is 13.6. The van der Waals surface area contributed by atoms with Gasteiger partial charge in [-0.1, -0.05) is 29.5 Å². The van der Waals surface area contributed by atoms with Crippen LogP contribution in [-0.2, 0) is 0 Å². The summed E-state index contributed by atoms with van der Waals surface area (Å²) in [5.41, 5.74) is 0.0590. The molecule has 3 heterocycles. The van der Waals surface area contributed by atoms with Gasteiger partial charge in [-0.25, -0.2) is 18.3 Å². The van der Waals surface area contributed by atoms with E-state index in [1.165, 1.54) is 30.2 Å². The standard InChI is InChI=1S/C20H23F2IN6O2/c1-11(23)12-3-5-13(6-4-12)28-10-16(17(27-28)18(21)22)26-20(30)15-8-25-29-9-14(31-2)7-24-19(15)29/h7-13,18H,3-6H2,1-2H3,(H,26,30). The molecule has 3 aromatic rings. The molecule has 1 amide bonds. The second-order valence-electron chi connectivity index (χ2n) is 7.73. The lowest BCUT2D eigenvalue weighted by molar-refractivity contribution is 0.102. The monoisotopic (exact) mass is 544 g/mol. The number of ether oxygens (including phenoxy) is 1. The molecular weight excluding hydrogens is 521 g/mol. The van der Waals surface area contributed by atoms with Crippen LogP contribution in [0.5, 0.6) is 5.75 Å². The molecule has 0 radical (unpaired) electrons. The molecule has 1 atom stereocenters. The van der Waals surface area contributed by atoms with Gasteiger partial charge in [0.1, 0.15) is 5.56 Å². The third-order valence-electron chi connectivity index (χ3n) is 5.79. The molecule has 4 rings (SSSR count). The van der Waals surface area contributed by atoms with Crippen molar-refractivity contribution in [2.24, 2.45) is 5.92 Å². The van der Waals surface area contributed by atoms with Crippen molar-refractivity contribution in [1.29, 1.82) is 0 Å². The number of carbonyl (C=O) groups excluding carboxylic acids is 1. The van der Waals surface area contributed by atoms with Gasteiger partial charge in [0, 0.05) is 10.1 Å². The fraction of sp³-hybridized carbons (Fsp3) is 0.500. The zero-order valence-electron chi connectivity index (χ0n) is 17.1. The zero-order chi connectivity index (χ0) is 22.1. The molecule has 1 unspecified atom stereocenters. The Hall–Kier alpha value is -2.31. The Bertz CT molecular complexity index is 1070. The van der Waals surface area contributed by atoms with Gasteiger partial charge in [-0.3, -0.25) is 9.48 Å². The molecule has 1 aliphatic rings. The molecule has 31 heavy (non-hydrogen) atoms. The summed E-state index contributed by atoms with van der Waals surface area (Å²) in [5.74, 6) is 0.551. The third-order valence-corrected chi connectivity index (χ3v) is 6.81. The third kappa shape index (κ3) is 4.51. The van der Waals surface area contributed by atoms with Gasteiger partial charge in [-0.15, -0.1) is 0 Å². The minimum atomic E-state index is -2.80. The fourth-order valence-corrected chi connectivity index (χ4v) is 4.71. The van der Waals surface area contributed by atoms with Gasteiger partial charge in [0.15, 0.2) is 17.1 Å². The number of halogens is 3. The summed E-state index contributed by atoms with van der Waals surface area (Å²) in [6.45, 7) is 2.20. The summed E-state index contributed by atoms with van der Waals surface area (Å²) < 4.78 is 35.9. The van der Waals surface area contributed by atoms with Gasteiger partial charge in [0.25, 0.3) is 12.3 Å². The van der Waals surface area contributed by atoms with Crippen LogP contribution in [-0.4, -0.2) is 41.3 Å². The lowest BCUT2D eigenvalue weighted by Crippen LogP contribution is -2.22. The van der Waals surface area contributed by atoms with Gasteiger partial charge in [0.05, 0.1) is 37.4 Å². The molecule has 0 saturated heterocycles. The molecule has 0 spiro atoms. The van der Waals surface area contributed by atoms with Gasteiger partial charge in [0.2, 0.25) is 0 Å². The maximum Gasteiger partial charge on any atom is 0.284 e. The first-order valence-electron chi connectivity index (χ1n) is 10.1. The summed E-state index contributed by atoms with van der Waals surface area (Å²) in [7, 11) is 1.50. The summed E-state index contributed by atoms with van der Waals surface area (Å²) in [5, 5.41) is 10.8. The van der Waals surface area contributed by atoms with Crippen LogP contribution < -0.4 is 10.1 Å². The molecule has 1 fully saturated rings. The number of carbonyl (C=O) groups is 1. The molecule has 1 saturated carbocycles. The van der Waals surface area contributed by atoms with Crippen molar-refractivity contribution in [2.75, 3.05) is 12.4 Å². The highest BCUT2D eigenvalue weighted by atomic mass is 127. The molecule has 0 bridgehead atoms. The normalized spacial score (nSPS) is 20.2. The van der Waals surface area contributed by atoms with Crippen molar-refractivity contribution in [1.82, 2.24) is 24.4 Å². The van der Waals surface area contributed by atoms with E-state index < -0.39 is 18.0 Å². The Balaban J connectivity index is 1.55. The summed E-state index contributed by atoms with van der Waals surface area (Å²) >= 11 is 2.44. The van der Waals surface area contributed by atoms with Crippen LogP contribution >= 0.6 is 22.6 Å². The SMILES string of the molecule is COc1cnc2c(C(=O)Nc3cn(C4CCC(C(C)I)CC4)nc3C(F)F)cnn2c1. The number of hydrogen-bond acceptors (Lipinski definition) is 5. The van der Waals surface area contributed by atoms with Crippen LogP contribution in [0.4, 0.5) is 14.5 Å². The van der Waals surface area contributed by atoms with E-state index in [1.807, 2.05) is 0 Å².